The summed E-state index contributed by atoms with van der Waals surface area (Å²) < 4.78 is 38.9. The second kappa shape index (κ2) is 5.60. The molecule has 8 nitrogen and oxygen atoms in total. The van der Waals surface area contributed by atoms with Gasteiger partial charge in [-0.2, -0.15) is 13.2 Å². The molecule has 4 fully saturated rings. The number of nitrogens with zero attached hydrogens (tertiary/aromatic N) is 5. The molecule has 0 bridgehead atoms. The van der Waals surface area contributed by atoms with Crippen LogP contribution in [-0.2, 0) is 17.5 Å². The summed E-state index contributed by atoms with van der Waals surface area (Å²) in [7, 11) is 0. The number of carbonyl (C=O) groups excluding carboxylic acids is 2. The van der Waals surface area contributed by atoms with Crippen LogP contribution < -0.4 is 5.32 Å². The van der Waals surface area contributed by atoms with E-state index >= 15 is 0 Å². The van der Waals surface area contributed by atoms with Gasteiger partial charge < -0.3 is 15.1 Å². The number of carbonyl (C=O) groups is 2. The van der Waals surface area contributed by atoms with E-state index < -0.39 is 12.0 Å². The number of likely N-dealkylation sites (tertiary alicyclic amines) is 2. The van der Waals surface area contributed by atoms with Gasteiger partial charge in [-0.25, -0.2) is 9.78 Å². The number of urea groups is 1. The number of aromatic nitrogens is 3. The van der Waals surface area contributed by atoms with Crippen molar-refractivity contribution in [2.45, 2.75) is 43.9 Å². The first-order chi connectivity index (χ1) is 13.2. The highest BCUT2D eigenvalue weighted by Gasteiger charge is 2.56. The van der Waals surface area contributed by atoms with E-state index in [1.165, 1.54) is 4.68 Å². The normalized spacial score (nSPS) is 25.5. The smallest absolute Gasteiger partial charge is 0.347 e. The van der Waals surface area contributed by atoms with Gasteiger partial charge in [0.15, 0.2) is 0 Å². The Bertz CT molecular complexity index is 817. The molecule has 4 aliphatic rings. The van der Waals surface area contributed by atoms with Crippen LogP contribution in [0.5, 0.6) is 0 Å². The van der Waals surface area contributed by atoms with Crippen molar-refractivity contribution in [3.63, 3.8) is 0 Å². The molecule has 3 amide bonds. The molecule has 0 unspecified atom stereocenters. The van der Waals surface area contributed by atoms with E-state index in [0.29, 0.717) is 39.1 Å². The lowest BCUT2D eigenvalue weighted by molar-refractivity contribution is -0.145. The third-order valence-corrected chi connectivity index (χ3v) is 6.49. The molecular formula is C17H21F3N6O2. The van der Waals surface area contributed by atoms with E-state index in [1.54, 1.807) is 4.90 Å². The van der Waals surface area contributed by atoms with Crippen LogP contribution in [0.4, 0.5) is 18.0 Å². The van der Waals surface area contributed by atoms with Crippen LogP contribution in [0.25, 0.3) is 0 Å². The van der Waals surface area contributed by atoms with E-state index in [1.807, 2.05) is 4.90 Å². The minimum atomic E-state index is -4.52. The number of hydrogen-bond donors (Lipinski definition) is 1. The quantitative estimate of drug-likeness (QED) is 0.809. The van der Waals surface area contributed by atoms with Crippen LogP contribution in [0.2, 0.25) is 0 Å². The van der Waals surface area contributed by atoms with Gasteiger partial charge in [-0.15, -0.1) is 5.10 Å². The van der Waals surface area contributed by atoms with Gasteiger partial charge >= 0.3 is 12.2 Å². The zero-order valence-corrected chi connectivity index (χ0v) is 15.2. The van der Waals surface area contributed by atoms with Crippen molar-refractivity contribution in [1.29, 1.82) is 0 Å². The van der Waals surface area contributed by atoms with Gasteiger partial charge in [-0.3, -0.25) is 9.48 Å². The summed E-state index contributed by atoms with van der Waals surface area (Å²) in [4.78, 5) is 30.8. The molecule has 1 aromatic heterocycles. The van der Waals surface area contributed by atoms with Crippen molar-refractivity contribution >= 4 is 11.9 Å². The number of alkyl halides is 3. The zero-order valence-electron chi connectivity index (χ0n) is 15.2. The molecule has 4 heterocycles. The molecule has 5 rings (SSSR count). The molecule has 0 radical (unpaired) electrons. The Morgan fingerprint density at radius 2 is 1.89 bits per heavy atom. The molecule has 2 spiro atoms. The van der Waals surface area contributed by atoms with Gasteiger partial charge in [0.1, 0.15) is 6.33 Å². The molecule has 0 atom stereocenters. The summed E-state index contributed by atoms with van der Waals surface area (Å²) in [5.41, 5.74) is -0.0954. The van der Waals surface area contributed by atoms with Crippen molar-refractivity contribution in [2.75, 3.05) is 26.2 Å². The zero-order chi connectivity index (χ0) is 19.7. The lowest BCUT2D eigenvalue weighted by Gasteiger charge is -2.61. The monoisotopic (exact) mass is 398 g/mol. The first kappa shape index (κ1) is 17.7. The third kappa shape index (κ3) is 2.82. The molecule has 3 aliphatic heterocycles. The Balaban J connectivity index is 1.07. The van der Waals surface area contributed by atoms with Crippen molar-refractivity contribution in [3.05, 3.63) is 12.2 Å². The van der Waals surface area contributed by atoms with Gasteiger partial charge in [0, 0.05) is 44.6 Å². The number of halogens is 3. The maximum Gasteiger partial charge on any atom is 0.453 e. The summed E-state index contributed by atoms with van der Waals surface area (Å²) >= 11 is 0. The maximum atomic E-state index is 12.6. The topological polar surface area (TPSA) is 83.4 Å². The molecule has 1 N–H and O–H groups in total. The third-order valence-electron chi connectivity index (χ3n) is 6.49. The summed E-state index contributed by atoms with van der Waals surface area (Å²) in [6.07, 6.45) is -0.286. The fourth-order valence-electron chi connectivity index (χ4n) is 5.26. The fraction of sp³-hybridized carbons (Fsp3) is 0.765. The maximum absolute atomic E-state index is 12.6. The van der Waals surface area contributed by atoms with Gasteiger partial charge in [-0.05, 0) is 25.2 Å². The van der Waals surface area contributed by atoms with Crippen LogP contribution in [0, 0.1) is 11.3 Å². The highest BCUT2D eigenvalue weighted by Crippen LogP contribution is 2.52. The van der Waals surface area contributed by atoms with Crippen molar-refractivity contribution in [2.24, 2.45) is 11.3 Å². The standard InChI is InChI=1S/C17H21F3N6O2/c18-17(19,20)13-21-10-26(23-13)5-11-3-15(4-11)6-24(7-15)14(28)25-8-16(9-25)2-1-12(27)22-16/h10-11H,1-9H2,(H,22,27). The second-order valence-corrected chi connectivity index (χ2v) is 8.89. The van der Waals surface area contributed by atoms with Crippen LogP contribution in [0.3, 0.4) is 0 Å². The molecule has 152 valence electrons. The molecule has 3 saturated heterocycles. The summed E-state index contributed by atoms with van der Waals surface area (Å²) in [6.45, 7) is 2.98. The van der Waals surface area contributed by atoms with Gasteiger partial charge in [-0.1, -0.05) is 0 Å². The van der Waals surface area contributed by atoms with Crippen LogP contribution in [0.15, 0.2) is 6.33 Å². The molecule has 28 heavy (non-hydrogen) atoms. The molecule has 1 aliphatic carbocycles. The van der Waals surface area contributed by atoms with E-state index in [9.17, 15) is 22.8 Å². The summed E-state index contributed by atoms with van der Waals surface area (Å²) in [5, 5.41) is 6.47. The highest BCUT2D eigenvalue weighted by atomic mass is 19.4. The predicted octanol–water partition coefficient (Wildman–Crippen LogP) is 1.09. The Labute approximate surface area is 159 Å². The molecule has 1 saturated carbocycles. The number of nitrogens with one attached hydrogen (secondary N) is 1. The Morgan fingerprint density at radius 3 is 2.46 bits per heavy atom. The first-order valence-corrected chi connectivity index (χ1v) is 9.47. The average molecular weight is 398 g/mol. The second-order valence-electron chi connectivity index (χ2n) is 8.89. The van der Waals surface area contributed by atoms with Crippen molar-refractivity contribution in [1.82, 2.24) is 29.9 Å². The largest absolute Gasteiger partial charge is 0.453 e. The van der Waals surface area contributed by atoms with E-state index in [0.717, 1.165) is 25.6 Å². The lowest BCUT2D eigenvalue weighted by Crippen LogP contribution is -2.73. The number of hydrogen-bond acceptors (Lipinski definition) is 4. The van der Waals surface area contributed by atoms with Crippen molar-refractivity contribution in [3.8, 4) is 0 Å². The molecule has 0 aromatic carbocycles. The van der Waals surface area contributed by atoms with E-state index in [4.69, 9.17) is 0 Å². The fourth-order valence-corrected chi connectivity index (χ4v) is 5.26. The minimum Gasteiger partial charge on any atom is -0.347 e. The molecular weight excluding hydrogens is 377 g/mol. The highest BCUT2D eigenvalue weighted by molar-refractivity contribution is 5.82. The predicted molar refractivity (Wildman–Crippen MR) is 88.8 cm³/mol. The Morgan fingerprint density at radius 1 is 1.21 bits per heavy atom. The van der Waals surface area contributed by atoms with E-state index in [-0.39, 0.29) is 28.8 Å². The van der Waals surface area contributed by atoms with Crippen molar-refractivity contribution < 1.29 is 22.8 Å². The number of amides is 3. The first-order valence-electron chi connectivity index (χ1n) is 9.47. The minimum absolute atomic E-state index is 0.0203. The van der Waals surface area contributed by atoms with Gasteiger partial charge in [0.25, 0.3) is 5.82 Å². The molecule has 1 aromatic rings. The van der Waals surface area contributed by atoms with Gasteiger partial charge in [0.2, 0.25) is 5.91 Å². The summed E-state index contributed by atoms with van der Waals surface area (Å²) in [5.74, 6) is -0.779. The Hall–Kier alpha value is -2.33. The molecule has 11 heteroatoms. The Kier molecular flexibility index (Phi) is 3.55. The van der Waals surface area contributed by atoms with Crippen LogP contribution in [0.1, 0.15) is 31.5 Å². The average Bonchev–Trinajstić information content (AvgIpc) is 3.12. The van der Waals surface area contributed by atoms with Gasteiger partial charge in [0.05, 0.1) is 5.54 Å². The van der Waals surface area contributed by atoms with E-state index in [2.05, 4.69) is 15.4 Å². The van der Waals surface area contributed by atoms with Crippen LogP contribution in [-0.4, -0.2) is 68.2 Å². The SMILES string of the molecule is O=C1CCC2(CN(C(=O)N3CC4(CC(Cn5cnc(C(F)(F)F)n5)C4)C3)C2)N1. The lowest BCUT2D eigenvalue weighted by atomic mass is 9.58. The van der Waals surface area contributed by atoms with Crippen LogP contribution >= 0.6 is 0 Å². The summed E-state index contributed by atoms with van der Waals surface area (Å²) in [6, 6.07) is 0.0203. The number of rotatable bonds is 2.